The molecule has 0 aromatic heterocycles. The Bertz CT molecular complexity index is 624. The third-order valence-corrected chi connectivity index (χ3v) is 3.05. The molecule has 0 atom stereocenters. The fraction of sp³-hybridized carbons (Fsp3) is 0.235. The van der Waals surface area contributed by atoms with Gasteiger partial charge in [-0.05, 0) is 35.2 Å². The van der Waals surface area contributed by atoms with Crippen LogP contribution in [0.3, 0.4) is 0 Å². The first-order chi connectivity index (χ1) is 9.38. The molecule has 0 saturated heterocycles. The molecule has 2 aromatic rings. The van der Waals surface area contributed by atoms with Crippen molar-refractivity contribution in [2.75, 3.05) is 0 Å². The maximum Gasteiger partial charge on any atom is 0.339 e. The summed E-state index contributed by atoms with van der Waals surface area (Å²) in [5.41, 5.74) is 1.32. The smallest absolute Gasteiger partial charge is 0.339 e. The van der Waals surface area contributed by atoms with Crippen LogP contribution in [0.4, 0.5) is 0 Å². The second kappa shape index (κ2) is 5.37. The first-order valence-electron chi connectivity index (χ1n) is 6.48. The molecule has 2 rings (SSSR count). The van der Waals surface area contributed by atoms with Gasteiger partial charge in [-0.2, -0.15) is 0 Å². The van der Waals surface area contributed by atoms with Crippen molar-refractivity contribution < 1.29 is 14.6 Å². The SMILES string of the molecule is CC(C)(C)c1cccc(Oc2ccccc2C(=O)O)c1. The Labute approximate surface area is 118 Å². The van der Waals surface area contributed by atoms with Gasteiger partial charge in [-0.25, -0.2) is 4.79 Å². The monoisotopic (exact) mass is 270 g/mol. The van der Waals surface area contributed by atoms with E-state index in [0.29, 0.717) is 11.5 Å². The fourth-order valence-electron chi connectivity index (χ4n) is 1.89. The van der Waals surface area contributed by atoms with Gasteiger partial charge in [0.2, 0.25) is 0 Å². The highest BCUT2D eigenvalue weighted by molar-refractivity contribution is 5.90. The van der Waals surface area contributed by atoms with Crippen LogP contribution in [0.2, 0.25) is 0 Å². The minimum absolute atomic E-state index is 0.0195. The zero-order valence-electron chi connectivity index (χ0n) is 11.9. The Morgan fingerprint density at radius 3 is 2.40 bits per heavy atom. The van der Waals surface area contributed by atoms with E-state index in [1.165, 1.54) is 6.07 Å². The number of benzene rings is 2. The molecular weight excluding hydrogens is 252 g/mol. The molecule has 0 amide bonds. The van der Waals surface area contributed by atoms with E-state index in [1.807, 2.05) is 24.3 Å². The van der Waals surface area contributed by atoms with Gasteiger partial charge in [0, 0.05) is 0 Å². The Kier molecular flexibility index (Phi) is 3.79. The van der Waals surface area contributed by atoms with Gasteiger partial charge in [-0.3, -0.25) is 0 Å². The third-order valence-electron chi connectivity index (χ3n) is 3.05. The summed E-state index contributed by atoms with van der Waals surface area (Å²) >= 11 is 0. The predicted molar refractivity (Wildman–Crippen MR) is 78.6 cm³/mol. The molecule has 3 nitrogen and oxygen atoms in total. The summed E-state index contributed by atoms with van der Waals surface area (Å²) < 4.78 is 5.73. The minimum atomic E-state index is -0.993. The van der Waals surface area contributed by atoms with Gasteiger partial charge in [0.05, 0.1) is 0 Å². The average molecular weight is 270 g/mol. The molecule has 0 unspecified atom stereocenters. The van der Waals surface area contributed by atoms with Crippen LogP contribution in [-0.2, 0) is 5.41 Å². The predicted octanol–water partition coefficient (Wildman–Crippen LogP) is 4.47. The van der Waals surface area contributed by atoms with E-state index >= 15 is 0 Å². The summed E-state index contributed by atoms with van der Waals surface area (Å²) in [7, 11) is 0. The molecule has 20 heavy (non-hydrogen) atoms. The van der Waals surface area contributed by atoms with Crippen LogP contribution in [0, 0.1) is 0 Å². The molecule has 0 bridgehead atoms. The topological polar surface area (TPSA) is 46.5 Å². The highest BCUT2D eigenvalue weighted by Crippen LogP contribution is 2.29. The van der Waals surface area contributed by atoms with Crippen molar-refractivity contribution >= 4 is 5.97 Å². The summed E-state index contributed by atoms with van der Waals surface area (Å²) in [6, 6.07) is 14.4. The number of ether oxygens (including phenoxy) is 1. The molecular formula is C17H18O3. The number of carboxylic acids is 1. The van der Waals surface area contributed by atoms with Crippen molar-refractivity contribution in [2.45, 2.75) is 26.2 Å². The van der Waals surface area contributed by atoms with Crippen molar-refractivity contribution in [1.82, 2.24) is 0 Å². The van der Waals surface area contributed by atoms with Crippen LogP contribution in [0.15, 0.2) is 48.5 Å². The van der Waals surface area contributed by atoms with Crippen LogP contribution < -0.4 is 4.74 Å². The highest BCUT2D eigenvalue weighted by Gasteiger charge is 2.15. The molecule has 0 heterocycles. The van der Waals surface area contributed by atoms with Crippen LogP contribution in [-0.4, -0.2) is 11.1 Å². The number of hydrogen-bond acceptors (Lipinski definition) is 2. The van der Waals surface area contributed by atoms with E-state index in [0.717, 1.165) is 5.56 Å². The van der Waals surface area contributed by atoms with Gasteiger partial charge in [0.15, 0.2) is 0 Å². The number of aromatic carboxylic acids is 1. The molecule has 0 fully saturated rings. The van der Waals surface area contributed by atoms with Gasteiger partial charge < -0.3 is 9.84 Å². The molecule has 0 aliphatic carbocycles. The lowest BCUT2D eigenvalue weighted by molar-refractivity contribution is 0.0694. The van der Waals surface area contributed by atoms with Crippen LogP contribution >= 0.6 is 0 Å². The minimum Gasteiger partial charge on any atom is -0.478 e. The molecule has 0 aliphatic heterocycles. The van der Waals surface area contributed by atoms with Gasteiger partial charge in [0.25, 0.3) is 0 Å². The number of para-hydroxylation sites is 1. The first kappa shape index (κ1) is 14.1. The molecule has 2 aromatic carbocycles. The zero-order chi connectivity index (χ0) is 14.8. The number of carboxylic acid groups (broad SMARTS) is 1. The molecule has 0 spiro atoms. The fourth-order valence-corrected chi connectivity index (χ4v) is 1.89. The number of rotatable bonds is 3. The van der Waals surface area contributed by atoms with Gasteiger partial charge in [0.1, 0.15) is 17.1 Å². The standard InChI is InChI=1S/C17H18O3/c1-17(2,3)12-7-6-8-13(11-12)20-15-10-5-4-9-14(15)16(18)19/h4-11H,1-3H3,(H,18,19). The summed E-state index contributed by atoms with van der Waals surface area (Å²) in [5.74, 6) is 0.00441. The molecule has 0 aliphatic rings. The summed E-state index contributed by atoms with van der Waals surface area (Å²) in [6.07, 6.45) is 0. The maximum atomic E-state index is 11.2. The Morgan fingerprint density at radius 2 is 1.75 bits per heavy atom. The maximum absolute atomic E-state index is 11.2. The molecule has 3 heteroatoms. The largest absolute Gasteiger partial charge is 0.478 e. The van der Waals surface area contributed by atoms with Crippen molar-refractivity contribution in [3.8, 4) is 11.5 Å². The molecule has 1 N–H and O–H groups in total. The van der Waals surface area contributed by atoms with E-state index < -0.39 is 5.97 Å². The van der Waals surface area contributed by atoms with E-state index in [-0.39, 0.29) is 11.0 Å². The number of carbonyl (C=O) groups is 1. The van der Waals surface area contributed by atoms with Crippen molar-refractivity contribution in [3.05, 3.63) is 59.7 Å². The van der Waals surface area contributed by atoms with Gasteiger partial charge in [-0.15, -0.1) is 0 Å². The van der Waals surface area contributed by atoms with E-state index in [1.54, 1.807) is 18.2 Å². The quantitative estimate of drug-likeness (QED) is 0.894. The normalized spacial score (nSPS) is 11.2. The summed E-state index contributed by atoms with van der Waals surface area (Å²) in [5, 5.41) is 9.15. The van der Waals surface area contributed by atoms with E-state index in [4.69, 9.17) is 9.84 Å². The molecule has 0 saturated carbocycles. The third kappa shape index (κ3) is 3.18. The highest BCUT2D eigenvalue weighted by atomic mass is 16.5. The summed E-state index contributed by atoms with van der Waals surface area (Å²) in [6.45, 7) is 6.37. The zero-order valence-corrected chi connectivity index (χ0v) is 11.9. The van der Waals surface area contributed by atoms with Gasteiger partial charge in [-0.1, -0.05) is 45.0 Å². The van der Waals surface area contributed by atoms with Crippen molar-refractivity contribution in [1.29, 1.82) is 0 Å². The van der Waals surface area contributed by atoms with Crippen LogP contribution in [0.1, 0.15) is 36.7 Å². The van der Waals surface area contributed by atoms with E-state index in [2.05, 4.69) is 20.8 Å². The lowest BCUT2D eigenvalue weighted by Crippen LogP contribution is -2.10. The van der Waals surface area contributed by atoms with Crippen LogP contribution in [0.5, 0.6) is 11.5 Å². The first-order valence-corrected chi connectivity index (χ1v) is 6.48. The molecule has 104 valence electrons. The van der Waals surface area contributed by atoms with Gasteiger partial charge >= 0.3 is 5.97 Å². The Balaban J connectivity index is 2.34. The molecule has 0 radical (unpaired) electrons. The van der Waals surface area contributed by atoms with Crippen molar-refractivity contribution in [3.63, 3.8) is 0 Å². The number of hydrogen-bond donors (Lipinski definition) is 1. The van der Waals surface area contributed by atoms with E-state index in [9.17, 15) is 4.79 Å². The average Bonchev–Trinajstić information content (AvgIpc) is 2.38. The second-order valence-corrected chi connectivity index (χ2v) is 5.68. The second-order valence-electron chi connectivity index (χ2n) is 5.68. The van der Waals surface area contributed by atoms with Crippen molar-refractivity contribution in [2.24, 2.45) is 0 Å². The lowest BCUT2D eigenvalue weighted by atomic mass is 9.87. The Hall–Kier alpha value is -2.29. The Morgan fingerprint density at radius 1 is 1.05 bits per heavy atom. The lowest BCUT2D eigenvalue weighted by Gasteiger charge is -2.20. The van der Waals surface area contributed by atoms with Crippen LogP contribution in [0.25, 0.3) is 0 Å². The summed E-state index contributed by atoms with van der Waals surface area (Å²) in [4.78, 5) is 11.2.